The molecule has 22 heavy (non-hydrogen) atoms. The van der Waals surface area contributed by atoms with Gasteiger partial charge >= 0.3 is 5.97 Å². The van der Waals surface area contributed by atoms with Crippen LogP contribution in [0.3, 0.4) is 0 Å². The van der Waals surface area contributed by atoms with E-state index in [0.29, 0.717) is 5.65 Å². The van der Waals surface area contributed by atoms with Crippen molar-refractivity contribution in [1.29, 1.82) is 0 Å². The van der Waals surface area contributed by atoms with Crippen molar-refractivity contribution in [2.45, 2.75) is 13.8 Å². The summed E-state index contributed by atoms with van der Waals surface area (Å²) in [5, 5.41) is 9.00. The number of morpholine rings is 1. The smallest absolute Gasteiger partial charge is 0.354 e. The van der Waals surface area contributed by atoms with E-state index in [-0.39, 0.29) is 5.69 Å². The van der Waals surface area contributed by atoms with E-state index in [1.165, 1.54) is 6.20 Å². The minimum absolute atomic E-state index is 0.179. The molecule has 0 aromatic carbocycles. The molecule has 1 aliphatic rings. The van der Waals surface area contributed by atoms with Gasteiger partial charge in [0.15, 0.2) is 5.69 Å². The first-order chi connectivity index (χ1) is 10.8. The number of hydrogen-bond donors (Lipinski definition) is 1. The van der Waals surface area contributed by atoms with E-state index in [1.807, 2.05) is 26.0 Å². The Morgan fingerprint density at radius 3 is 2.55 bits per heavy atom. The van der Waals surface area contributed by atoms with E-state index in [1.54, 1.807) is 10.6 Å². The van der Waals surface area contributed by atoms with Crippen molar-refractivity contribution in [3.8, 4) is 0 Å². The van der Waals surface area contributed by atoms with Gasteiger partial charge in [-0.1, -0.05) is 13.8 Å². The molecule has 1 aliphatic heterocycles. The second-order valence-corrected chi connectivity index (χ2v) is 4.16. The first-order valence-electron chi connectivity index (χ1n) is 7.29. The van der Waals surface area contributed by atoms with Crippen molar-refractivity contribution >= 4 is 17.3 Å². The average Bonchev–Trinajstić information content (AvgIpc) is 3.02. The van der Waals surface area contributed by atoms with Gasteiger partial charge in [0.05, 0.1) is 19.4 Å². The summed E-state index contributed by atoms with van der Waals surface area (Å²) in [5.41, 5.74) is 1.88. The molecule has 6 heteroatoms. The highest BCUT2D eigenvalue weighted by molar-refractivity contribution is 5.86. The number of ether oxygens (including phenoxy) is 1. The lowest BCUT2D eigenvalue weighted by atomic mass is 10.3. The van der Waals surface area contributed by atoms with Gasteiger partial charge in [-0.15, -0.1) is 13.2 Å². The number of hydrogen-bond acceptors (Lipinski definition) is 4. The summed E-state index contributed by atoms with van der Waals surface area (Å²) in [6.45, 7) is 13.1. The molecule has 0 spiro atoms. The first kappa shape index (κ1) is 17.7. The molecular formula is C16H23N3O3. The van der Waals surface area contributed by atoms with Gasteiger partial charge in [-0.3, -0.25) is 4.40 Å². The van der Waals surface area contributed by atoms with E-state index >= 15 is 0 Å². The molecule has 2 aromatic heterocycles. The number of carbonyl (C=O) groups is 1. The standard InChI is InChI=1S/C12H13N3O3.C2H6.C2H4/c16-12(17)10-8-13-11-7-9(1-2-15(10)11)14-3-5-18-6-4-14;2*1-2/h1-2,7-8H,3-6H2,(H,16,17);1-2H3;1-2H2. The van der Waals surface area contributed by atoms with Gasteiger partial charge in [0.25, 0.3) is 0 Å². The Kier molecular flexibility index (Phi) is 7.12. The number of imidazole rings is 1. The maximum atomic E-state index is 11.0. The summed E-state index contributed by atoms with van der Waals surface area (Å²) in [7, 11) is 0. The average molecular weight is 305 g/mol. The number of carboxylic acid groups (broad SMARTS) is 1. The molecule has 120 valence electrons. The Morgan fingerprint density at radius 1 is 1.32 bits per heavy atom. The van der Waals surface area contributed by atoms with E-state index in [2.05, 4.69) is 23.0 Å². The number of nitrogens with zero attached hydrogens (tertiary/aromatic N) is 3. The van der Waals surface area contributed by atoms with Crippen LogP contribution in [0.5, 0.6) is 0 Å². The summed E-state index contributed by atoms with van der Waals surface area (Å²) in [4.78, 5) is 17.3. The zero-order chi connectivity index (χ0) is 16.5. The first-order valence-corrected chi connectivity index (χ1v) is 7.29. The third kappa shape index (κ3) is 3.85. The minimum Gasteiger partial charge on any atom is -0.477 e. The SMILES string of the molecule is C=C.CC.O=C(O)c1cnc2cc(N3CCOCC3)ccn12. The molecule has 6 nitrogen and oxygen atoms in total. The van der Waals surface area contributed by atoms with Crippen LogP contribution in [0.15, 0.2) is 37.7 Å². The maximum Gasteiger partial charge on any atom is 0.354 e. The lowest BCUT2D eigenvalue weighted by Gasteiger charge is -2.28. The molecule has 1 N–H and O–H groups in total. The number of fused-ring (bicyclic) bond motifs is 1. The quantitative estimate of drug-likeness (QED) is 0.864. The van der Waals surface area contributed by atoms with E-state index in [4.69, 9.17) is 9.84 Å². The number of anilines is 1. The summed E-state index contributed by atoms with van der Waals surface area (Å²) >= 11 is 0. The van der Waals surface area contributed by atoms with Crippen molar-refractivity contribution in [2.24, 2.45) is 0 Å². The molecule has 0 atom stereocenters. The number of pyridine rings is 1. The zero-order valence-electron chi connectivity index (χ0n) is 13.2. The molecule has 2 aromatic rings. The molecule has 0 unspecified atom stereocenters. The molecule has 3 rings (SSSR count). The van der Waals surface area contributed by atoms with Crippen molar-refractivity contribution in [2.75, 3.05) is 31.2 Å². The monoisotopic (exact) mass is 305 g/mol. The van der Waals surface area contributed by atoms with Crippen LogP contribution in [-0.2, 0) is 4.74 Å². The Morgan fingerprint density at radius 2 is 1.95 bits per heavy atom. The number of carboxylic acids is 1. The Bertz CT molecular complexity index is 604. The van der Waals surface area contributed by atoms with E-state index < -0.39 is 5.97 Å². The minimum atomic E-state index is -0.971. The van der Waals surface area contributed by atoms with Gasteiger partial charge in [0.1, 0.15) is 5.65 Å². The molecule has 0 bridgehead atoms. The zero-order valence-corrected chi connectivity index (χ0v) is 13.2. The second kappa shape index (κ2) is 8.84. The highest BCUT2D eigenvalue weighted by Crippen LogP contribution is 2.18. The Balaban J connectivity index is 0.000000561. The van der Waals surface area contributed by atoms with Crippen molar-refractivity contribution < 1.29 is 14.6 Å². The van der Waals surface area contributed by atoms with Crippen LogP contribution in [0.1, 0.15) is 24.3 Å². The summed E-state index contributed by atoms with van der Waals surface area (Å²) in [6, 6.07) is 3.81. The van der Waals surface area contributed by atoms with Crippen molar-refractivity contribution in [3.63, 3.8) is 0 Å². The molecule has 0 radical (unpaired) electrons. The van der Waals surface area contributed by atoms with E-state index in [0.717, 1.165) is 32.0 Å². The van der Waals surface area contributed by atoms with Gasteiger partial charge in [0, 0.05) is 31.0 Å². The normalized spacial score (nSPS) is 13.6. The molecular weight excluding hydrogens is 282 g/mol. The van der Waals surface area contributed by atoms with Crippen molar-refractivity contribution in [1.82, 2.24) is 9.38 Å². The largest absolute Gasteiger partial charge is 0.477 e. The predicted molar refractivity (Wildman–Crippen MR) is 87.8 cm³/mol. The summed E-state index contributed by atoms with van der Waals surface area (Å²) in [5.74, 6) is -0.971. The van der Waals surface area contributed by atoms with Crippen LogP contribution >= 0.6 is 0 Å². The highest BCUT2D eigenvalue weighted by atomic mass is 16.5. The van der Waals surface area contributed by atoms with Gasteiger partial charge in [-0.05, 0) is 6.07 Å². The molecule has 1 fully saturated rings. The van der Waals surface area contributed by atoms with Gasteiger partial charge < -0.3 is 14.7 Å². The van der Waals surface area contributed by atoms with Gasteiger partial charge in [-0.2, -0.15) is 0 Å². The number of rotatable bonds is 2. The van der Waals surface area contributed by atoms with Crippen LogP contribution in [0.2, 0.25) is 0 Å². The Hall–Kier alpha value is -2.34. The second-order valence-electron chi connectivity index (χ2n) is 4.16. The van der Waals surface area contributed by atoms with Crippen LogP contribution in [-0.4, -0.2) is 46.8 Å². The van der Waals surface area contributed by atoms with Crippen LogP contribution in [0.4, 0.5) is 5.69 Å². The highest BCUT2D eigenvalue weighted by Gasteiger charge is 2.14. The fourth-order valence-corrected chi connectivity index (χ4v) is 2.15. The maximum absolute atomic E-state index is 11.0. The van der Waals surface area contributed by atoms with Crippen LogP contribution in [0, 0.1) is 0 Å². The molecule has 0 amide bonds. The molecule has 0 aliphatic carbocycles. The van der Waals surface area contributed by atoms with Gasteiger partial charge in [-0.25, -0.2) is 9.78 Å². The van der Waals surface area contributed by atoms with Crippen molar-refractivity contribution in [3.05, 3.63) is 43.4 Å². The molecule has 3 heterocycles. The Labute approximate surface area is 130 Å². The molecule has 0 saturated carbocycles. The third-order valence-electron chi connectivity index (χ3n) is 3.09. The summed E-state index contributed by atoms with van der Waals surface area (Å²) in [6.07, 6.45) is 3.12. The topological polar surface area (TPSA) is 67.1 Å². The molecule has 1 saturated heterocycles. The number of aromatic carboxylic acids is 1. The lowest BCUT2D eigenvalue weighted by molar-refractivity contribution is 0.0689. The fraction of sp³-hybridized carbons (Fsp3) is 0.375. The lowest BCUT2D eigenvalue weighted by Crippen LogP contribution is -2.36. The van der Waals surface area contributed by atoms with Gasteiger partial charge in [0.2, 0.25) is 0 Å². The van der Waals surface area contributed by atoms with Crippen LogP contribution in [0.25, 0.3) is 5.65 Å². The fourth-order valence-electron chi connectivity index (χ4n) is 2.15. The van der Waals surface area contributed by atoms with Crippen LogP contribution < -0.4 is 4.90 Å². The van der Waals surface area contributed by atoms with E-state index in [9.17, 15) is 4.79 Å². The third-order valence-corrected chi connectivity index (χ3v) is 3.09. The predicted octanol–water partition coefficient (Wildman–Crippen LogP) is 2.70. The number of aromatic nitrogens is 2. The summed E-state index contributed by atoms with van der Waals surface area (Å²) < 4.78 is 6.88.